The summed E-state index contributed by atoms with van der Waals surface area (Å²) < 4.78 is 0. The number of rotatable bonds is 5. The Balaban J connectivity index is 1.53. The van der Waals surface area contributed by atoms with Crippen LogP contribution in [0.5, 0.6) is 0 Å². The Labute approximate surface area is 128 Å². The monoisotopic (exact) mass is 301 g/mol. The van der Waals surface area contributed by atoms with E-state index >= 15 is 0 Å². The highest BCUT2D eigenvalue weighted by Gasteiger charge is 2.11. The maximum absolute atomic E-state index is 5.55. The maximum atomic E-state index is 5.55. The van der Waals surface area contributed by atoms with Crippen molar-refractivity contribution in [3.63, 3.8) is 0 Å². The number of hydrazone groups is 1. The van der Waals surface area contributed by atoms with E-state index in [1.165, 1.54) is 42.8 Å². The van der Waals surface area contributed by atoms with Gasteiger partial charge < -0.3 is 5.73 Å². The first kappa shape index (κ1) is 14.0. The number of nitrogen functional groups attached to an aromatic ring is 1. The van der Waals surface area contributed by atoms with Crippen LogP contribution < -0.4 is 11.2 Å². The minimum absolute atomic E-state index is 0.518. The van der Waals surface area contributed by atoms with Gasteiger partial charge in [0.1, 0.15) is 5.82 Å². The number of hydrogen-bond donors (Lipinski definition) is 2. The summed E-state index contributed by atoms with van der Waals surface area (Å²) in [6, 6.07) is 8.52. The fraction of sp³-hybridized carbons (Fsp3) is 0.333. The van der Waals surface area contributed by atoms with Gasteiger partial charge in [-0.25, -0.2) is 4.98 Å². The smallest absolute Gasteiger partial charge is 0.205 e. The number of anilines is 2. The van der Waals surface area contributed by atoms with Crippen LogP contribution in [0.3, 0.4) is 0 Å². The van der Waals surface area contributed by atoms with E-state index in [4.69, 9.17) is 5.73 Å². The highest BCUT2D eigenvalue weighted by atomic mass is 32.1. The fourth-order valence-corrected chi connectivity index (χ4v) is 2.96. The number of benzene rings is 1. The SMILES string of the molecule is Nc1csc(NN=Cc2ccc(CN3CCCC3)cc2)n1. The Morgan fingerprint density at radius 1 is 1.29 bits per heavy atom. The van der Waals surface area contributed by atoms with Gasteiger partial charge in [0.05, 0.1) is 6.21 Å². The Morgan fingerprint density at radius 3 is 2.71 bits per heavy atom. The summed E-state index contributed by atoms with van der Waals surface area (Å²) in [5, 5.41) is 6.65. The summed E-state index contributed by atoms with van der Waals surface area (Å²) in [6.45, 7) is 3.50. The molecule has 3 N–H and O–H groups in total. The van der Waals surface area contributed by atoms with Gasteiger partial charge in [-0.1, -0.05) is 24.3 Å². The van der Waals surface area contributed by atoms with Crippen molar-refractivity contribution in [1.82, 2.24) is 9.88 Å². The third-order valence-electron chi connectivity index (χ3n) is 3.48. The molecule has 0 saturated carbocycles. The van der Waals surface area contributed by atoms with Crippen molar-refractivity contribution >= 4 is 28.5 Å². The Hall–Kier alpha value is -1.92. The van der Waals surface area contributed by atoms with Crippen LogP contribution in [0.15, 0.2) is 34.7 Å². The molecule has 6 heteroatoms. The summed E-state index contributed by atoms with van der Waals surface area (Å²) in [5.41, 5.74) is 10.8. The summed E-state index contributed by atoms with van der Waals surface area (Å²) in [7, 11) is 0. The van der Waals surface area contributed by atoms with E-state index in [-0.39, 0.29) is 0 Å². The lowest BCUT2D eigenvalue weighted by Crippen LogP contribution is -2.18. The van der Waals surface area contributed by atoms with Crippen LogP contribution >= 0.6 is 11.3 Å². The topological polar surface area (TPSA) is 66.5 Å². The van der Waals surface area contributed by atoms with Crippen LogP contribution in [0.2, 0.25) is 0 Å². The van der Waals surface area contributed by atoms with Crippen LogP contribution in [0.1, 0.15) is 24.0 Å². The largest absolute Gasteiger partial charge is 0.383 e. The second-order valence-corrected chi connectivity index (χ2v) is 6.03. The highest BCUT2D eigenvalue weighted by molar-refractivity contribution is 7.14. The Bertz CT molecular complexity index is 599. The number of nitrogens with one attached hydrogen (secondary N) is 1. The van der Waals surface area contributed by atoms with Crippen molar-refractivity contribution < 1.29 is 0 Å². The van der Waals surface area contributed by atoms with Crippen molar-refractivity contribution in [1.29, 1.82) is 0 Å². The predicted molar refractivity (Wildman–Crippen MR) is 88.7 cm³/mol. The van der Waals surface area contributed by atoms with Gasteiger partial charge in [-0.15, -0.1) is 11.3 Å². The minimum Gasteiger partial charge on any atom is -0.383 e. The van der Waals surface area contributed by atoms with E-state index < -0.39 is 0 Å². The molecule has 110 valence electrons. The molecule has 1 saturated heterocycles. The molecule has 1 aliphatic heterocycles. The quantitative estimate of drug-likeness (QED) is 0.658. The molecule has 0 bridgehead atoms. The number of thiazole rings is 1. The van der Waals surface area contributed by atoms with Crippen LogP contribution in [0.4, 0.5) is 10.9 Å². The summed E-state index contributed by atoms with van der Waals surface area (Å²) >= 11 is 1.44. The van der Waals surface area contributed by atoms with Crippen LogP contribution in [-0.2, 0) is 6.54 Å². The van der Waals surface area contributed by atoms with Gasteiger partial charge in [0, 0.05) is 11.9 Å². The maximum Gasteiger partial charge on any atom is 0.205 e. The molecule has 3 rings (SSSR count). The van der Waals surface area contributed by atoms with E-state index in [0.717, 1.165) is 12.1 Å². The average molecular weight is 301 g/mol. The molecule has 1 aliphatic rings. The third kappa shape index (κ3) is 4.03. The molecule has 21 heavy (non-hydrogen) atoms. The van der Waals surface area contributed by atoms with Crippen molar-refractivity contribution in [2.75, 3.05) is 24.2 Å². The number of nitrogens with zero attached hydrogens (tertiary/aromatic N) is 3. The van der Waals surface area contributed by atoms with Crippen molar-refractivity contribution in [2.45, 2.75) is 19.4 Å². The molecule has 0 spiro atoms. The normalized spacial score (nSPS) is 15.8. The molecule has 2 heterocycles. The molecule has 0 atom stereocenters. The standard InChI is InChI=1S/C15H19N5S/c16-14-11-21-15(18-14)19-17-9-12-3-5-13(6-4-12)10-20-7-1-2-8-20/h3-6,9,11H,1-2,7-8,10,16H2,(H,18,19). The number of aromatic nitrogens is 1. The van der Waals surface area contributed by atoms with E-state index in [1.54, 1.807) is 11.6 Å². The molecule has 0 amide bonds. The fourth-order valence-electron chi connectivity index (χ4n) is 2.41. The Kier molecular flexibility index (Phi) is 4.47. The molecule has 1 aromatic carbocycles. The predicted octanol–water partition coefficient (Wildman–Crippen LogP) is 2.77. The first-order chi connectivity index (χ1) is 10.3. The molecule has 1 aromatic heterocycles. The second-order valence-electron chi connectivity index (χ2n) is 5.17. The summed E-state index contributed by atoms with van der Waals surface area (Å²) in [5.74, 6) is 0.518. The molecule has 5 nitrogen and oxygen atoms in total. The zero-order valence-corrected chi connectivity index (χ0v) is 12.6. The van der Waals surface area contributed by atoms with Gasteiger partial charge in [-0.2, -0.15) is 5.10 Å². The summed E-state index contributed by atoms with van der Waals surface area (Å²) in [6.07, 6.45) is 4.45. The molecule has 1 fully saturated rings. The van der Waals surface area contributed by atoms with Gasteiger partial charge in [0.15, 0.2) is 0 Å². The van der Waals surface area contributed by atoms with Crippen molar-refractivity contribution in [3.8, 4) is 0 Å². The molecular formula is C15H19N5S. The number of likely N-dealkylation sites (tertiary alicyclic amines) is 1. The third-order valence-corrected chi connectivity index (χ3v) is 4.25. The highest BCUT2D eigenvalue weighted by Crippen LogP contribution is 2.16. The molecule has 0 unspecified atom stereocenters. The molecule has 0 aliphatic carbocycles. The first-order valence-corrected chi connectivity index (χ1v) is 7.99. The minimum atomic E-state index is 0.518. The average Bonchev–Trinajstić information content (AvgIpc) is 3.13. The van der Waals surface area contributed by atoms with E-state index in [1.807, 2.05) is 0 Å². The molecule has 2 aromatic rings. The number of hydrogen-bond acceptors (Lipinski definition) is 6. The lowest BCUT2D eigenvalue weighted by atomic mass is 10.1. The molecule has 0 radical (unpaired) electrons. The number of nitrogens with two attached hydrogens (primary N) is 1. The summed E-state index contributed by atoms with van der Waals surface area (Å²) in [4.78, 5) is 6.58. The van der Waals surface area contributed by atoms with Crippen LogP contribution in [-0.4, -0.2) is 29.2 Å². The zero-order chi connectivity index (χ0) is 14.5. The van der Waals surface area contributed by atoms with Gasteiger partial charge in [0.2, 0.25) is 5.13 Å². The van der Waals surface area contributed by atoms with Gasteiger partial charge >= 0.3 is 0 Å². The Morgan fingerprint density at radius 2 is 2.05 bits per heavy atom. The zero-order valence-electron chi connectivity index (χ0n) is 11.8. The first-order valence-electron chi connectivity index (χ1n) is 7.11. The van der Waals surface area contributed by atoms with E-state index in [0.29, 0.717) is 10.9 Å². The molecular weight excluding hydrogens is 282 g/mol. The lowest BCUT2D eigenvalue weighted by molar-refractivity contribution is 0.331. The van der Waals surface area contributed by atoms with Crippen LogP contribution in [0, 0.1) is 0 Å². The van der Waals surface area contributed by atoms with Crippen molar-refractivity contribution in [2.24, 2.45) is 5.10 Å². The van der Waals surface area contributed by atoms with E-state index in [9.17, 15) is 0 Å². The van der Waals surface area contributed by atoms with Gasteiger partial charge in [-0.3, -0.25) is 10.3 Å². The van der Waals surface area contributed by atoms with E-state index in [2.05, 4.69) is 44.7 Å². The van der Waals surface area contributed by atoms with Gasteiger partial charge in [0.25, 0.3) is 0 Å². The van der Waals surface area contributed by atoms with Gasteiger partial charge in [-0.05, 0) is 37.1 Å². The second kappa shape index (κ2) is 6.69. The van der Waals surface area contributed by atoms with Crippen LogP contribution in [0.25, 0.3) is 0 Å². The lowest BCUT2D eigenvalue weighted by Gasteiger charge is -2.14. The van der Waals surface area contributed by atoms with Crippen molar-refractivity contribution in [3.05, 3.63) is 40.8 Å².